The summed E-state index contributed by atoms with van der Waals surface area (Å²) in [5.74, 6) is 2.09. The third-order valence-electron chi connectivity index (χ3n) is 4.82. The lowest BCUT2D eigenvalue weighted by atomic mass is 9.80. The van der Waals surface area contributed by atoms with Crippen LogP contribution in [0.1, 0.15) is 44.4 Å². The number of ether oxygens (including phenoxy) is 1. The fourth-order valence-electron chi connectivity index (χ4n) is 3.79. The number of amides is 1. The number of nitrogens with one attached hydrogen (secondary N) is 1. The van der Waals surface area contributed by atoms with Gasteiger partial charge in [-0.15, -0.1) is 0 Å². The molecule has 1 N–H and O–H groups in total. The molecule has 0 bridgehead atoms. The second-order valence-electron chi connectivity index (χ2n) is 7.25. The van der Waals surface area contributed by atoms with Crippen LogP contribution in [0.25, 0.3) is 0 Å². The highest BCUT2D eigenvalue weighted by atomic mass is 16.5. The molecule has 0 radical (unpaired) electrons. The molecule has 1 aromatic carbocycles. The van der Waals surface area contributed by atoms with Gasteiger partial charge in [0, 0.05) is 11.2 Å². The van der Waals surface area contributed by atoms with Crippen molar-refractivity contribution in [2.45, 2.75) is 45.2 Å². The average Bonchev–Trinajstić information content (AvgIpc) is 3.07. The summed E-state index contributed by atoms with van der Waals surface area (Å²) in [7, 11) is 1.67. The first-order valence-electron chi connectivity index (χ1n) is 8.66. The van der Waals surface area contributed by atoms with Crippen LogP contribution < -0.4 is 15.0 Å². The van der Waals surface area contributed by atoms with Crippen LogP contribution in [0.5, 0.6) is 5.75 Å². The molecule has 0 spiro atoms. The molecule has 1 unspecified atom stereocenters. The Balaban J connectivity index is 1.80. The number of furan rings is 1. The van der Waals surface area contributed by atoms with Gasteiger partial charge in [-0.05, 0) is 62.1 Å². The molecule has 1 amide bonds. The summed E-state index contributed by atoms with van der Waals surface area (Å²) in [6.07, 6.45) is 2.55. The molecule has 1 atom stereocenters. The minimum atomic E-state index is -0.232. The van der Waals surface area contributed by atoms with Crippen molar-refractivity contribution in [3.05, 3.63) is 47.9 Å². The number of benzene rings is 1. The van der Waals surface area contributed by atoms with Crippen LogP contribution in [0, 0.1) is 0 Å². The lowest BCUT2D eigenvalue weighted by molar-refractivity contribution is -0.119. The summed E-state index contributed by atoms with van der Waals surface area (Å²) in [5, 5.41) is 3.18. The zero-order valence-corrected chi connectivity index (χ0v) is 15.3. The maximum Gasteiger partial charge on any atom is 0.241 e. The number of hydrogen-bond donors (Lipinski definition) is 1. The van der Waals surface area contributed by atoms with Crippen molar-refractivity contribution in [2.75, 3.05) is 18.6 Å². The standard InChI is InChI=1S/C20H26N2O3/c1-14-11-20(2,3)22(18-8-7-15(24-4)10-17(14)18)19(23)13-21-12-16-6-5-9-25-16/h5-10,14,21H,11-13H2,1-4H3. The summed E-state index contributed by atoms with van der Waals surface area (Å²) < 4.78 is 10.7. The van der Waals surface area contributed by atoms with Crippen molar-refractivity contribution < 1.29 is 13.9 Å². The van der Waals surface area contributed by atoms with Crippen molar-refractivity contribution in [1.82, 2.24) is 5.32 Å². The highest BCUT2D eigenvalue weighted by Crippen LogP contribution is 2.44. The molecule has 134 valence electrons. The SMILES string of the molecule is COc1ccc2c(c1)C(C)CC(C)(C)N2C(=O)CNCc1ccco1. The zero-order chi connectivity index (χ0) is 18.0. The number of rotatable bonds is 5. The Morgan fingerprint density at radius 1 is 1.40 bits per heavy atom. The topological polar surface area (TPSA) is 54.7 Å². The molecule has 2 heterocycles. The molecule has 0 saturated heterocycles. The Bertz CT molecular complexity index is 737. The minimum Gasteiger partial charge on any atom is -0.497 e. The van der Waals surface area contributed by atoms with E-state index in [1.807, 2.05) is 35.2 Å². The Hall–Kier alpha value is -2.27. The first-order valence-corrected chi connectivity index (χ1v) is 8.66. The van der Waals surface area contributed by atoms with Crippen molar-refractivity contribution in [2.24, 2.45) is 0 Å². The third-order valence-corrected chi connectivity index (χ3v) is 4.82. The van der Waals surface area contributed by atoms with E-state index >= 15 is 0 Å². The first kappa shape index (κ1) is 17.5. The quantitative estimate of drug-likeness (QED) is 0.900. The normalized spacial score (nSPS) is 18.7. The Labute approximate surface area is 149 Å². The lowest BCUT2D eigenvalue weighted by Crippen LogP contribution is -2.54. The van der Waals surface area contributed by atoms with E-state index in [0.717, 1.165) is 29.2 Å². The molecule has 5 nitrogen and oxygen atoms in total. The number of methoxy groups -OCH3 is 1. The third kappa shape index (κ3) is 3.56. The van der Waals surface area contributed by atoms with E-state index in [0.29, 0.717) is 12.5 Å². The number of fused-ring (bicyclic) bond motifs is 1. The van der Waals surface area contributed by atoms with Crippen LogP contribution in [-0.2, 0) is 11.3 Å². The predicted octanol–water partition coefficient (Wildman–Crippen LogP) is 3.70. The Morgan fingerprint density at radius 2 is 2.20 bits per heavy atom. The van der Waals surface area contributed by atoms with Crippen LogP contribution in [0.15, 0.2) is 41.0 Å². The van der Waals surface area contributed by atoms with Crippen molar-refractivity contribution in [3.63, 3.8) is 0 Å². The fourth-order valence-corrected chi connectivity index (χ4v) is 3.79. The molecule has 0 aliphatic carbocycles. The molecule has 0 saturated carbocycles. The molecule has 1 aliphatic rings. The largest absolute Gasteiger partial charge is 0.497 e. The maximum atomic E-state index is 13.0. The van der Waals surface area contributed by atoms with Gasteiger partial charge in [-0.25, -0.2) is 0 Å². The molecular formula is C20H26N2O3. The lowest BCUT2D eigenvalue weighted by Gasteiger charge is -2.46. The van der Waals surface area contributed by atoms with E-state index in [9.17, 15) is 4.79 Å². The molecule has 3 rings (SSSR count). The summed E-state index contributed by atoms with van der Waals surface area (Å²) >= 11 is 0. The predicted molar refractivity (Wildman–Crippen MR) is 98.0 cm³/mol. The fraction of sp³-hybridized carbons (Fsp3) is 0.450. The van der Waals surface area contributed by atoms with Crippen LogP contribution in [0.4, 0.5) is 5.69 Å². The number of carbonyl (C=O) groups excluding carboxylic acids is 1. The zero-order valence-electron chi connectivity index (χ0n) is 15.3. The van der Waals surface area contributed by atoms with Gasteiger partial charge < -0.3 is 19.4 Å². The van der Waals surface area contributed by atoms with E-state index in [1.54, 1.807) is 13.4 Å². The van der Waals surface area contributed by atoms with Crippen LogP contribution in [0.2, 0.25) is 0 Å². The summed E-state index contributed by atoms with van der Waals surface area (Å²) in [5.41, 5.74) is 1.91. The van der Waals surface area contributed by atoms with Gasteiger partial charge in [0.15, 0.2) is 0 Å². The number of hydrogen-bond acceptors (Lipinski definition) is 4. The highest BCUT2D eigenvalue weighted by Gasteiger charge is 2.39. The minimum absolute atomic E-state index is 0.0647. The van der Waals surface area contributed by atoms with E-state index in [-0.39, 0.29) is 18.0 Å². The molecule has 25 heavy (non-hydrogen) atoms. The van der Waals surface area contributed by atoms with Crippen molar-refractivity contribution in [3.8, 4) is 5.75 Å². The molecule has 1 aromatic heterocycles. The number of anilines is 1. The van der Waals surface area contributed by atoms with Gasteiger partial charge in [-0.2, -0.15) is 0 Å². The number of carbonyl (C=O) groups is 1. The second-order valence-corrected chi connectivity index (χ2v) is 7.25. The smallest absolute Gasteiger partial charge is 0.241 e. The summed E-state index contributed by atoms with van der Waals surface area (Å²) in [6, 6.07) is 9.70. The molecule has 5 heteroatoms. The van der Waals surface area contributed by atoms with Gasteiger partial charge >= 0.3 is 0 Å². The van der Waals surface area contributed by atoms with Gasteiger partial charge in [-0.1, -0.05) is 6.92 Å². The maximum absolute atomic E-state index is 13.0. The average molecular weight is 342 g/mol. The van der Waals surface area contributed by atoms with E-state index in [1.165, 1.54) is 0 Å². The number of nitrogens with zero attached hydrogens (tertiary/aromatic N) is 1. The van der Waals surface area contributed by atoms with Crippen LogP contribution in [-0.4, -0.2) is 25.1 Å². The summed E-state index contributed by atoms with van der Waals surface area (Å²) in [4.78, 5) is 14.9. The highest BCUT2D eigenvalue weighted by molar-refractivity contribution is 5.97. The van der Waals surface area contributed by atoms with Gasteiger partial charge in [0.1, 0.15) is 11.5 Å². The molecule has 1 aliphatic heterocycles. The Morgan fingerprint density at radius 3 is 2.88 bits per heavy atom. The van der Waals surface area contributed by atoms with Crippen molar-refractivity contribution >= 4 is 11.6 Å². The summed E-state index contributed by atoms with van der Waals surface area (Å²) in [6.45, 7) is 7.27. The van der Waals surface area contributed by atoms with Gasteiger partial charge in [0.25, 0.3) is 0 Å². The monoisotopic (exact) mass is 342 g/mol. The van der Waals surface area contributed by atoms with Gasteiger partial charge in [0.05, 0.1) is 26.5 Å². The van der Waals surface area contributed by atoms with E-state index in [4.69, 9.17) is 9.15 Å². The second kappa shape index (κ2) is 6.92. The molecule has 0 fully saturated rings. The molecular weight excluding hydrogens is 316 g/mol. The first-order chi connectivity index (χ1) is 11.9. The van der Waals surface area contributed by atoms with Crippen LogP contribution in [0.3, 0.4) is 0 Å². The van der Waals surface area contributed by atoms with E-state index < -0.39 is 0 Å². The van der Waals surface area contributed by atoms with Crippen LogP contribution >= 0.6 is 0 Å². The molecule has 2 aromatic rings. The van der Waals surface area contributed by atoms with E-state index in [2.05, 4.69) is 26.1 Å². The van der Waals surface area contributed by atoms with Crippen molar-refractivity contribution in [1.29, 1.82) is 0 Å². The van der Waals surface area contributed by atoms with Gasteiger partial charge in [-0.3, -0.25) is 4.79 Å². The van der Waals surface area contributed by atoms with Gasteiger partial charge in [0.2, 0.25) is 5.91 Å². The Kier molecular flexibility index (Phi) is 4.86.